The second kappa shape index (κ2) is 10.1. The minimum Gasteiger partial charge on any atom is -0.455 e. The van der Waals surface area contributed by atoms with Gasteiger partial charge in [0.05, 0.1) is 17.1 Å². The number of pyridine rings is 2. The summed E-state index contributed by atoms with van der Waals surface area (Å²) in [6.45, 7) is 10.2. The van der Waals surface area contributed by atoms with Crippen LogP contribution in [0.2, 0.25) is 5.15 Å². The van der Waals surface area contributed by atoms with Crippen molar-refractivity contribution in [1.82, 2.24) is 14.3 Å². The number of anilines is 1. The molecular formula is C27H29ClN4O3S. The molecule has 2 N–H and O–H groups in total. The van der Waals surface area contributed by atoms with E-state index in [1.165, 1.54) is 28.6 Å². The Morgan fingerprint density at radius 1 is 1.11 bits per heavy atom. The van der Waals surface area contributed by atoms with Crippen LogP contribution >= 0.6 is 23.5 Å². The van der Waals surface area contributed by atoms with Gasteiger partial charge in [-0.1, -0.05) is 17.7 Å². The van der Waals surface area contributed by atoms with Crippen molar-refractivity contribution in [1.29, 1.82) is 0 Å². The second-order valence-electron chi connectivity index (χ2n) is 9.88. The van der Waals surface area contributed by atoms with Crippen LogP contribution in [0.5, 0.6) is 0 Å². The fourth-order valence-electron chi connectivity index (χ4n) is 3.76. The number of nitrogens with one attached hydrogen (secondary N) is 2. The first-order valence-corrected chi connectivity index (χ1v) is 12.7. The maximum absolute atomic E-state index is 13.1. The minimum atomic E-state index is -0.220. The number of nitrogens with zero attached hydrogens (tertiary/aromatic N) is 2. The van der Waals surface area contributed by atoms with Gasteiger partial charge in [0.15, 0.2) is 5.43 Å². The van der Waals surface area contributed by atoms with Gasteiger partial charge in [-0.2, -0.15) is 0 Å². The van der Waals surface area contributed by atoms with Crippen LogP contribution in [0.25, 0.3) is 22.3 Å². The molecule has 0 aliphatic carbocycles. The lowest BCUT2D eigenvalue weighted by Crippen LogP contribution is -2.30. The molecule has 0 spiro atoms. The standard InChI is InChI=1S/C27H29ClN4O3S/c1-15-11-18(16(2)29-20-8-9-23(28)30-26(20)36-31-27(3,4)5)25-19(12-15)21(33)13-22(35-25)17-7-10-24(34)32(6)14-17/h7-14,16,29,31H,1-6H3. The third-order valence-corrected chi connectivity index (χ3v) is 6.92. The quantitative estimate of drug-likeness (QED) is 0.233. The van der Waals surface area contributed by atoms with Crippen LogP contribution in [0.15, 0.2) is 67.7 Å². The van der Waals surface area contributed by atoms with E-state index in [0.717, 1.165) is 16.8 Å². The predicted molar refractivity (Wildman–Crippen MR) is 148 cm³/mol. The summed E-state index contributed by atoms with van der Waals surface area (Å²) in [5.74, 6) is 0.402. The van der Waals surface area contributed by atoms with Gasteiger partial charge < -0.3 is 14.3 Å². The zero-order chi connectivity index (χ0) is 26.2. The van der Waals surface area contributed by atoms with Crippen LogP contribution in [-0.4, -0.2) is 15.1 Å². The fourth-order valence-corrected chi connectivity index (χ4v) is 4.74. The van der Waals surface area contributed by atoms with Gasteiger partial charge in [-0.3, -0.25) is 14.3 Å². The highest BCUT2D eigenvalue weighted by Gasteiger charge is 2.19. The molecule has 0 aliphatic rings. The Morgan fingerprint density at radius 3 is 2.56 bits per heavy atom. The molecule has 1 atom stereocenters. The molecule has 9 heteroatoms. The van der Waals surface area contributed by atoms with E-state index in [0.29, 0.717) is 32.5 Å². The lowest BCUT2D eigenvalue weighted by atomic mass is 10.0. The van der Waals surface area contributed by atoms with Crippen molar-refractivity contribution in [2.75, 3.05) is 5.32 Å². The molecule has 3 aromatic heterocycles. The Balaban J connectivity index is 1.78. The average molecular weight is 525 g/mol. The smallest absolute Gasteiger partial charge is 0.250 e. The molecule has 36 heavy (non-hydrogen) atoms. The van der Waals surface area contributed by atoms with Crippen molar-refractivity contribution in [3.05, 3.63) is 85.5 Å². The maximum Gasteiger partial charge on any atom is 0.250 e. The molecule has 4 aromatic rings. The van der Waals surface area contributed by atoms with Gasteiger partial charge in [-0.05, 0) is 76.4 Å². The summed E-state index contributed by atoms with van der Waals surface area (Å²) in [6.07, 6.45) is 1.66. The van der Waals surface area contributed by atoms with Crippen LogP contribution < -0.4 is 21.0 Å². The summed E-state index contributed by atoms with van der Waals surface area (Å²) in [5.41, 5.74) is 3.34. The molecule has 7 nitrogen and oxygen atoms in total. The Morgan fingerprint density at radius 2 is 1.86 bits per heavy atom. The van der Waals surface area contributed by atoms with Gasteiger partial charge >= 0.3 is 0 Å². The molecule has 1 unspecified atom stereocenters. The SMILES string of the molecule is Cc1cc(C(C)Nc2ccc(Cl)nc2SNC(C)(C)C)c2oc(-c3ccc(=O)n(C)c3)cc(=O)c2c1. The summed E-state index contributed by atoms with van der Waals surface area (Å²) in [5, 5.41) is 5.14. The van der Waals surface area contributed by atoms with Crippen molar-refractivity contribution < 1.29 is 4.42 Å². The Kier molecular flexibility index (Phi) is 7.31. The Bertz CT molecular complexity index is 1560. The van der Waals surface area contributed by atoms with Crippen LogP contribution in [0, 0.1) is 6.92 Å². The van der Waals surface area contributed by atoms with E-state index in [2.05, 4.69) is 35.8 Å². The fraction of sp³-hybridized carbons (Fsp3) is 0.296. The molecule has 0 radical (unpaired) electrons. The summed E-state index contributed by atoms with van der Waals surface area (Å²) in [7, 11) is 1.66. The second-order valence-corrected chi connectivity index (χ2v) is 11.1. The molecule has 3 heterocycles. The third-order valence-electron chi connectivity index (χ3n) is 5.49. The maximum atomic E-state index is 13.1. The van der Waals surface area contributed by atoms with Crippen molar-refractivity contribution in [3.8, 4) is 11.3 Å². The first-order chi connectivity index (χ1) is 16.9. The van der Waals surface area contributed by atoms with Crippen molar-refractivity contribution in [2.45, 2.75) is 51.2 Å². The zero-order valence-electron chi connectivity index (χ0n) is 21.1. The zero-order valence-corrected chi connectivity index (χ0v) is 22.7. The van der Waals surface area contributed by atoms with Crippen LogP contribution in [0.3, 0.4) is 0 Å². The molecule has 188 valence electrons. The minimum absolute atomic E-state index is 0.120. The van der Waals surface area contributed by atoms with E-state index in [1.54, 1.807) is 25.4 Å². The molecule has 0 aliphatic heterocycles. The normalized spacial score (nSPS) is 12.6. The van der Waals surface area contributed by atoms with Gasteiger partial charge in [0, 0.05) is 42.0 Å². The van der Waals surface area contributed by atoms with E-state index in [-0.39, 0.29) is 22.6 Å². The highest BCUT2D eigenvalue weighted by Crippen LogP contribution is 2.33. The van der Waals surface area contributed by atoms with Crippen molar-refractivity contribution >= 4 is 40.2 Å². The predicted octanol–water partition coefficient (Wildman–Crippen LogP) is 6.08. The molecule has 0 saturated carbocycles. The molecule has 0 bridgehead atoms. The molecule has 1 aromatic carbocycles. The molecule has 0 saturated heterocycles. The van der Waals surface area contributed by atoms with Gasteiger partial charge in [-0.15, -0.1) is 0 Å². The topological polar surface area (TPSA) is 89.2 Å². The number of aromatic nitrogens is 2. The number of benzene rings is 1. The Hall–Kier alpha value is -3.07. The number of rotatable bonds is 6. The molecule has 4 rings (SSSR count). The monoisotopic (exact) mass is 524 g/mol. The van der Waals surface area contributed by atoms with Gasteiger partial charge in [0.1, 0.15) is 21.5 Å². The van der Waals surface area contributed by atoms with Gasteiger partial charge in [0.2, 0.25) is 5.56 Å². The number of hydrogen-bond donors (Lipinski definition) is 2. The lowest BCUT2D eigenvalue weighted by Gasteiger charge is -2.22. The molecule has 0 amide bonds. The van der Waals surface area contributed by atoms with Crippen LogP contribution in [0.1, 0.15) is 44.9 Å². The third kappa shape index (κ3) is 5.83. The van der Waals surface area contributed by atoms with Crippen molar-refractivity contribution in [3.63, 3.8) is 0 Å². The highest BCUT2D eigenvalue weighted by molar-refractivity contribution is 7.97. The van der Waals surface area contributed by atoms with Crippen molar-refractivity contribution in [2.24, 2.45) is 7.05 Å². The first kappa shape index (κ1) is 26.0. The van der Waals surface area contributed by atoms with E-state index < -0.39 is 0 Å². The van der Waals surface area contributed by atoms with E-state index >= 15 is 0 Å². The van der Waals surface area contributed by atoms with E-state index in [9.17, 15) is 9.59 Å². The number of hydrogen-bond acceptors (Lipinski definition) is 7. The highest BCUT2D eigenvalue weighted by atomic mass is 35.5. The number of halogens is 1. The summed E-state index contributed by atoms with van der Waals surface area (Å²) >= 11 is 7.59. The van der Waals surface area contributed by atoms with Crippen LogP contribution in [-0.2, 0) is 7.05 Å². The van der Waals surface area contributed by atoms with Gasteiger partial charge in [0.25, 0.3) is 0 Å². The molecule has 0 fully saturated rings. The molecular weight excluding hydrogens is 496 g/mol. The first-order valence-electron chi connectivity index (χ1n) is 11.5. The summed E-state index contributed by atoms with van der Waals surface area (Å²) in [6, 6.07) is 11.8. The van der Waals surface area contributed by atoms with Gasteiger partial charge in [-0.25, -0.2) is 4.98 Å². The summed E-state index contributed by atoms with van der Waals surface area (Å²) < 4.78 is 11.1. The summed E-state index contributed by atoms with van der Waals surface area (Å²) in [4.78, 5) is 29.4. The largest absolute Gasteiger partial charge is 0.455 e. The van der Waals surface area contributed by atoms with Crippen LogP contribution in [0.4, 0.5) is 5.69 Å². The number of fused-ring (bicyclic) bond motifs is 1. The number of aryl methyl sites for hydroxylation is 2. The van der Waals surface area contributed by atoms with E-state index in [1.807, 2.05) is 32.0 Å². The Labute approximate surface area is 219 Å². The lowest BCUT2D eigenvalue weighted by molar-refractivity contribution is 0.535. The van der Waals surface area contributed by atoms with E-state index in [4.69, 9.17) is 16.0 Å². The average Bonchev–Trinajstić information content (AvgIpc) is 2.80.